The molecule has 4 rings (SSSR count). The summed E-state index contributed by atoms with van der Waals surface area (Å²) in [5.74, 6) is 1.10. The van der Waals surface area contributed by atoms with Crippen LogP contribution in [0.2, 0.25) is 0 Å². The summed E-state index contributed by atoms with van der Waals surface area (Å²) < 4.78 is 7.68. The highest BCUT2D eigenvalue weighted by Gasteiger charge is 2.23. The number of aryl methyl sites for hydroxylation is 1. The van der Waals surface area contributed by atoms with Gasteiger partial charge >= 0.3 is 6.03 Å². The number of pyridine rings is 2. The highest BCUT2D eigenvalue weighted by Crippen LogP contribution is 2.36. The lowest BCUT2D eigenvalue weighted by Gasteiger charge is -2.22. The number of aromatic nitrogens is 2. The van der Waals surface area contributed by atoms with Crippen molar-refractivity contribution in [3.8, 4) is 16.9 Å². The normalized spacial score (nSPS) is 11.3. The number of hydrogen-bond acceptors (Lipinski definition) is 5. The van der Waals surface area contributed by atoms with Crippen LogP contribution in [0.1, 0.15) is 77.3 Å². The van der Waals surface area contributed by atoms with Gasteiger partial charge in [-0.3, -0.25) is 9.36 Å². The number of amides is 2. The zero-order valence-electron chi connectivity index (χ0n) is 26.3. The van der Waals surface area contributed by atoms with Crippen molar-refractivity contribution in [2.45, 2.75) is 72.8 Å². The van der Waals surface area contributed by atoms with Gasteiger partial charge in [-0.25, -0.2) is 9.78 Å². The van der Waals surface area contributed by atoms with Gasteiger partial charge in [0.15, 0.2) is 0 Å². The Labute approximate surface area is 254 Å². The number of urea groups is 1. The molecule has 8 nitrogen and oxygen atoms in total. The first-order valence-corrected chi connectivity index (χ1v) is 15.4. The zero-order chi connectivity index (χ0) is 30.9. The van der Waals surface area contributed by atoms with Crippen LogP contribution in [0, 0.1) is 0 Å². The number of para-hydroxylation sites is 1. The Hall–Kier alpha value is -4.17. The van der Waals surface area contributed by atoms with Crippen LogP contribution in [0.5, 0.6) is 5.75 Å². The highest BCUT2D eigenvalue weighted by atomic mass is 16.5. The Morgan fingerprint density at radius 3 is 2.30 bits per heavy atom. The summed E-state index contributed by atoms with van der Waals surface area (Å²) in [5.41, 5.74) is 4.79. The van der Waals surface area contributed by atoms with Gasteiger partial charge in [-0.15, -0.1) is 0 Å². The predicted octanol–water partition coefficient (Wildman–Crippen LogP) is 7.74. The Kier molecular flexibility index (Phi) is 11.0. The van der Waals surface area contributed by atoms with Crippen molar-refractivity contribution in [2.75, 3.05) is 30.3 Å². The first-order valence-electron chi connectivity index (χ1n) is 15.4. The fourth-order valence-corrected chi connectivity index (χ4v) is 5.33. The second-order valence-corrected chi connectivity index (χ2v) is 11.4. The molecule has 2 aromatic carbocycles. The number of unbranched alkanes of at least 4 members (excludes halogenated alkanes) is 1. The molecular formula is C35H45N5O3. The first-order chi connectivity index (χ1) is 20.8. The molecular weight excluding hydrogens is 538 g/mol. The van der Waals surface area contributed by atoms with Gasteiger partial charge in [0, 0.05) is 35.9 Å². The molecule has 0 atom stereocenters. The Bertz CT molecular complexity index is 1580. The lowest BCUT2D eigenvalue weighted by Crippen LogP contribution is -2.30. The molecule has 0 aliphatic rings. The number of nitrogens with one attached hydrogen (secondary N) is 3. The third kappa shape index (κ3) is 7.43. The molecule has 228 valence electrons. The standard InChI is InChI=1S/C35H45N5O3/c1-7-9-20-40-33-29(17-12-18-37-33)30(25-13-10-14-26(22-25)43-21-19-36-8-2)32(34(40)41)39-35(42)38-31-27(23(3)4)15-11-16-28(31)24(5)6/h10-18,22-24,36H,7-9,19-21H2,1-6H3,(H2,38,39,42). The van der Waals surface area contributed by atoms with Gasteiger partial charge in [-0.05, 0) is 65.8 Å². The van der Waals surface area contributed by atoms with E-state index in [2.05, 4.69) is 62.5 Å². The molecule has 8 heteroatoms. The van der Waals surface area contributed by atoms with E-state index < -0.39 is 6.03 Å². The third-order valence-corrected chi connectivity index (χ3v) is 7.53. The molecule has 2 heterocycles. The quantitative estimate of drug-likeness (QED) is 0.140. The van der Waals surface area contributed by atoms with Crippen LogP contribution in [-0.2, 0) is 6.54 Å². The molecule has 2 aromatic heterocycles. The van der Waals surface area contributed by atoms with Gasteiger partial charge in [-0.1, -0.05) is 78.3 Å². The Morgan fingerprint density at radius 2 is 1.63 bits per heavy atom. The monoisotopic (exact) mass is 583 g/mol. The number of benzene rings is 2. The van der Waals surface area contributed by atoms with Gasteiger partial charge < -0.3 is 20.7 Å². The summed E-state index contributed by atoms with van der Waals surface area (Å²) in [5, 5.41) is 10.1. The summed E-state index contributed by atoms with van der Waals surface area (Å²) >= 11 is 0. The molecule has 0 aliphatic carbocycles. The van der Waals surface area contributed by atoms with Crippen molar-refractivity contribution in [1.29, 1.82) is 0 Å². The first kappa shape index (κ1) is 31.8. The maximum atomic E-state index is 14.2. The molecule has 4 aromatic rings. The fourth-order valence-electron chi connectivity index (χ4n) is 5.33. The lowest BCUT2D eigenvalue weighted by atomic mass is 9.93. The van der Waals surface area contributed by atoms with Crippen LogP contribution in [0.15, 0.2) is 65.6 Å². The number of anilines is 2. The van der Waals surface area contributed by atoms with Crippen LogP contribution >= 0.6 is 0 Å². The van der Waals surface area contributed by atoms with E-state index in [1.165, 1.54) is 0 Å². The fraction of sp³-hybridized carbons (Fsp3) is 0.400. The number of ether oxygens (including phenoxy) is 1. The Morgan fingerprint density at radius 1 is 0.930 bits per heavy atom. The van der Waals surface area contributed by atoms with E-state index in [1.54, 1.807) is 10.8 Å². The van der Waals surface area contributed by atoms with E-state index in [4.69, 9.17) is 4.74 Å². The van der Waals surface area contributed by atoms with Crippen molar-refractivity contribution in [2.24, 2.45) is 0 Å². The maximum Gasteiger partial charge on any atom is 0.323 e. The average Bonchev–Trinajstić information content (AvgIpc) is 2.99. The maximum absolute atomic E-state index is 14.2. The molecule has 0 spiro atoms. The molecule has 0 aliphatic heterocycles. The highest BCUT2D eigenvalue weighted by molar-refractivity contribution is 6.07. The smallest absolute Gasteiger partial charge is 0.323 e. The molecule has 0 saturated carbocycles. The third-order valence-electron chi connectivity index (χ3n) is 7.53. The Balaban J connectivity index is 1.84. The average molecular weight is 584 g/mol. The minimum Gasteiger partial charge on any atom is -0.492 e. The summed E-state index contributed by atoms with van der Waals surface area (Å²) in [7, 11) is 0. The molecule has 3 N–H and O–H groups in total. The number of carbonyl (C=O) groups is 1. The van der Waals surface area contributed by atoms with Crippen molar-refractivity contribution >= 4 is 28.4 Å². The topological polar surface area (TPSA) is 97.3 Å². The van der Waals surface area contributed by atoms with Gasteiger partial charge in [0.25, 0.3) is 5.56 Å². The largest absolute Gasteiger partial charge is 0.492 e. The van der Waals surface area contributed by atoms with Crippen LogP contribution in [0.3, 0.4) is 0 Å². The number of fused-ring (bicyclic) bond motifs is 1. The molecule has 0 radical (unpaired) electrons. The van der Waals surface area contributed by atoms with Gasteiger partial charge in [0.05, 0.1) is 0 Å². The summed E-state index contributed by atoms with van der Waals surface area (Å²) in [6, 6.07) is 17.1. The molecule has 2 amide bonds. The minimum absolute atomic E-state index is 0.206. The van der Waals surface area contributed by atoms with Gasteiger partial charge in [0.1, 0.15) is 23.7 Å². The molecule has 0 bridgehead atoms. The number of likely N-dealkylation sites (N-methyl/N-ethyl adjacent to an activating group) is 1. The van der Waals surface area contributed by atoms with Crippen LogP contribution in [0.25, 0.3) is 22.2 Å². The van der Waals surface area contributed by atoms with E-state index in [0.717, 1.165) is 53.7 Å². The summed E-state index contributed by atoms with van der Waals surface area (Å²) in [6.45, 7) is 15.2. The van der Waals surface area contributed by atoms with Crippen LogP contribution < -0.4 is 26.2 Å². The zero-order valence-corrected chi connectivity index (χ0v) is 26.3. The predicted molar refractivity (Wildman–Crippen MR) is 178 cm³/mol. The number of rotatable bonds is 13. The van der Waals surface area contributed by atoms with Crippen LogP contribution in [-0.4, -0.2) is 35.3 Å². The van der Waals surface area contributed by atoms with E-state index in [1.807, 2.05) is 54.6 Å². The SMILES string of the molecule is CCCCn1c(=O)c(NC(=O)Nc2c(C(C)C)cccc2C(C)C)c(-c2cccc(OCCNCC)c2)c2cccnc21. The van der Waals surface area contributed by atoms with E-state index >= 15 is 0 Å². The van der Waals surface area contributed by atoms with Crippen molar-refractivity contribution in [1.82, 2.24) is 14.9 Å². The van der Waals surface area contributed by atoms with Gasteiger partial charge in [-0.2, -0.15) is 0 Å². The molecule has 0 saturated heterocycles. The summed E-state index contributed by atoms with van der Waals surface area (Å²) in [4.78, 5) is 32.6. The second-order valence-electron chi connectivity index (χ2n) is 11.4. The van der Waals surface area contributed by atoms with Crippen molar-refractivity contribution in [3.05, 3.63) is 82.3 Å². The van der Waals surface area contributed by atoms with Crippen molar-refractivity contribution < 1.29 is 9.53 Å². The number of nitrogens with zero attached hydrogens (tertiary/aromatic N) is 2. The van der Waals surface area contributed by atoms with E-state index in [9.17, 15) is 9.59 Å². The minimum atomic E-state index is -0.461. The summed E-state index contributed by atoms with van der Waals surface area (Å²) in [6.07, 6.45) is 3.43. The van der Waals surface area contributed by atoms with E-state index in [0.29, 0.717) is 30.1 Å². The number of carbonyl (C=O) groups excluding carboxylic acids is 1. The molecule has 0 fully saturated rings. The van der Waals surface area contributed by atoms with E-state index in [-0.39, 0.29) is 23.1 Å². The van der Waals surface area contributed by atoms with Crippen LogP contribution in [0.4, 0.5) is 16.2 Å². The molecule has 43 heavy (non-hydrogen) atoms. The second kappa shape index (κ2) is 14.8. The number of hydrogen-bond donors (Lipinski definition) is 3. The lowest BCUT2D eigenvalue weighted by molar-refractivity contribution is 0.262. The van der Waals surface area contributed by atoms with Gasteiger partial charge in [0.2, 0.25) is 0 Å². The van der Waals surface area contributed by atoms with Crippen molar-refractivity contribution in [3.63, 3.8) is 0 Å². The molecule has 0 unspecified atom stereocenters.